The lowest BCUT2D eigenvalue weighted by Crippen LogP contribution is -2.40. The number of rotatable bonds is 3. The summed E-state index contributed by atoms with van der Waals surface area (Å²) in [5.41, 5.74) is 5.49. The smallest absolute Gasteiger partial charge is 0.237 e. The van der Waals surface area contributed by atoms with Gasteiger partial charge in [-0.2, -0.15) is 4.98 Å². The van der Waals surface area contributed by atoms with Crippen LogP contribution in [0.5, 0.6) is 5.88 Å². The molecule has 0 saturated carbocycles. The van der Waals surface area contributed by atoms with Gasteiger partial charge in [0.25, 0.3) is 0 Å². The molecule has 1 saturated heterocycles. The average molecular weight is 257 g/mol. The number of hydrogen-bond acceptors (Lipinski definition) is 5. The molecule has 17 heavy (non-hydrogen) atoms. The van der Waals surface area contributed by atoms with Crippen LogP contribution in [0.1, 0.15) is 19.3 Å². The van der Waals surface area contributed by atoms with Crippen molar-refractivity contribution >= 4 is 17.5 Å². The van der Waals surface area contributed by atoms with Gasteiger partial charge in [0.05, 0.1) is 6.20 Å². The molecule has 1 aromatic heterocycles. The monoisotopic (exact) mass is 256 g/mol. The molecule has 6 heteroatoms. The predicted molar refractivity (Wildman–Crippen MR) is 67.2 cm³/mol. The molecule has 0 aromatic carbocycles. The highest BCUT2D eigenvalue weighted by molar-refractivity contribution is 6.31. The third kappa shape index (κ3) is 3.20. The Morgan fingerprint density at radius 2 is 2.41 bits per heavy atom. The first-order valence-electron chi connectivity index (χ1n) is 5.78. The Balaban J connectivity index is 1.94. The Labute approximate surface area is 106 Å². The van der Waals surface area contributed by atoms with Gasteiger partial charge in [-0.1, -0.05) is 18.0 Å². The Kier molecular flexibility index (Phi) is 4.02. The summed E-state index contributed by atoms with van der Waals surface area (Å²) in [5, 5.41) is 0.401. The van der Waals surface area contributed by atoms with E-state index in [0.29, 0.717) is 23.6 Å². The van der Waals surface area contributed by atoms with E-state index in [-0.39, 0.29) is 5.95 Å². The van der Waals surface area contributed by atoms with E-state index in [2.05, 4.69) is 21.9 Å². The fraction of sp³-hybridized carbons (Fsp3) is 0.636. The third-order valence-corrected chi connectivity index (χ3v) is 3.32. The highest BCUT2D eigenvalue weighted by atomic mass is 35.5. The van der Waals surface area contributed by atoms with Crippen molar-refractivity contribution in [2.75, 3.05) is 25.9 Å². The normalized spacial score (nSPS) is 21.4. The number of likely N-dealkylation sites (tertiary alicyclic amines) is 1. The van der Waals surface area contributed by atoms with Crippen molar-refractivity contribution in [1.82, 2.24) is 14.9 Å². The second-order valence-corrected chi connectivity index (χ2v) is 4.73. The van der Waals surface area contributed by atoms with Crippen LogP contribution in [0, 0.1) is 0 Å². The second kappa shape index (κ2) is 5.51. The topological polar surface area (TPSA) is 64.3 Å². The van der Waals surface area contributed by atoms with Crippen molar-refractivity contribution < 1.29 is 4.74 Å². The first kappa shape index (κ1) is 12.4. The summed E-state index contributed by atoms with van der Waals surface area (Å²) in [6, 6.07) is 0.427. The highest BCUT2D eigenvalue weighted by Crippen LogP contribution is 2.22. The zero-order valence-electron chi connectivity index (χ0n) is 9.90. The van der Waals surface area contributed by atoms with E-state index in [0.717, 1.165) is 13.0 Å². The van der Waals surface area contributed by atoms with E-state index < -0.39 is 0 Å². The van der Waals surface area contributed by atoms with Crippen LogP contribution in [0.25, 0.3) is 0 Å². The number of nitrogens with two attached hydrogens (primary N) is 1. The molecule has 2 rings (SSSR count). The fourth-order valence-electron chi connectivity index (χ4n) is 2.00. The Morgan fingerprint density at radius 3 is 3.18 bits per heavy atom. The standard InChI is InChI=1S/C11H17ClN4O/c1-16-5-3-2-4-8(16)7-17-10-9(12)6-14-11(13)15-10/h6,8H,2-5,7H2,1H3,(H2,13,14,15). The van der Waals surface area contributed by atoms with Crippen molar-refractivity contribution in [3.8, 4) is 5.88 Å². The van der Waals surface area contributed by atoms with E-state index in [1.807, 2.05) is 0 Å². The molecule has 2 heterocycles. The van der Waals surface area contributed by atoms with E-state index in [1.165, 1.54) is 19.0 Å². The minimum atomic E-state index is 0.182. The summed E-state index contributed by atoms with van der Waals surface area (Å²) in [4.78, 5) is 10.1. The molecular formula is C11H17ClN4O. The summed E-state index contributed by atoms with van der Waals surface area (Å²) < 4.78 is 5.62. The maximum Gasteiger partial charge on any atom is 0.237 e. The largest absolute Gasteiger partial charge is 0.475 e. The number of aromatic nitrogens is 2. The van der Waals surface area contributed by atoms with E-state index >= 15 is 0 Å². The van der Waals surface area contributed by atoms with Gasteiger partial charge in [0.15, 0.2) is 0 Å². The molecule has 0 spiro atoms. The molecule has 1 aliphatic heterocycles. The number of piperidine rings is 1. The van der Waals surface area contributed by atoms with Crippen LogP contribution in [0.2, 0.25) is 5.02 Å². The lowest BCUT2D eigenvalue weighted by molar-refractivity contribution is 0.122. The van der Waals surface area contributed by atoms with E-state index in [1.54, 1.807) is 0 Å². The SMILES string of the molecule is CN1CCCCC1COc1nc(N)ncc1Cl. The first-order chi connectivity index (χ1) is 8.16. The van der Waals surface area contributed by atoms with Gasteiger partial charge in [0.2, 0.25) is 11.8 Å². The number of anilines is 1. The Morgan fingerprint density at radius 1 is 1.59 bits per heavy atom. The molecule has 0 bridgehead atoms. The quantitative estimate of drug-likeness (QED) is 0.890. The summed E-state index contributed by atoms with van der Waals surface area (Å²) in [6.07, 6.45) is 5.12. The van der Waals surface area contributed by atoms with Crippen molar-refractivity contribution in [2.45, 2.75) is 25.3 Å². The minimum absolute atomic E-state index is 0.182. The van der Waals surface area contributed by atoms with Crippen molar-refractivity contribution in [2.24, 2.45) is 0 Å². The number of likely N-dealkylation sites (N-methyl/N-ethyl adjacent to an activating group) is 1. The molecule has 1 aliphatic rings. The molecule has 2 N–H and O–H groups in total. The van der Waals surface area contributed by atoms with Crippen molar-refractivity contribution in [3.63, 3.8) is 0 Å². The number of halogens is 1. The average Bonchev–Trinajstić information content (AvgIpc) is 2.32. The third-order valence-electron chi connectivity index (χ3n) is 3.06. The fourth-order valence-corrected chi connectivity index (χ4v) is 2.14. The highest BCUT2D eigenvalue weighted by Gasteiger charge is 2.20. The van der Waals surface area contributed by atoms with E-state index in [9.17, 15) is 0 Å². The molecule has 0 aliphatic carbocycles. The number of nitrogens with zero attached hydrogens (tertiary/aromatic N) is 3. The molecule has 1 fully saturated rings. The summed E-state index contributed by atoms with van der Waals surface area (Å²) in [6.45, 7) is 1.71. The molecule has 1 atom stereocenters. The molecule has 1 unspecified atom stereocenters. The van der Waals surface area contributed by atoms with Crippen LogP contribution in [0.4, 0.5) is 5.95 Å². The first-order valence-corrected chi connectivity index (χ1v) is 6.15. The van der Waals surface area contributed by atoms with Gasteiger partial charge in [-0.25, -0.2) is 4.98 Å². The molecule has 5 nitrogen and oxygen atoms in total. The second-order valence-electron chi connectivity index (χ2n) is 4.32. The molecule has 0 amide bonds. The van der Waals surface area contributed by atoms with Gasteiger partial charge in [-0.3, -0.25) is 0 Å². The van der Waals surface area contributed by atoms with Gasteiger partial charge < -0.3 is 15.4 Å². The molecule has 94 valence electrons. The van der Waals surface area contributed by atoms with Crippen molar-refractivity contribution in [3.05, 3.63) is 11.2 Å². The maximum absolute atomic E-state index is 5.93. The summed E-state index contributed by atoms with van der Waals surface area (Å²) in [5.74, 6) is 0.555. The number of hydrogen-bond donors (Lipinski definition) is 1. The van der Waals surface area contributed by atoms with Gasteiger partial charge >= 0.3 is 0 Å². The van der Waals surface area contributed by atoms with Crippen LogP contribution in [0.15, 0.2) is 6.20 Å². The lowest BCUT2D eigenvalue weighted by Gasteiger charge is -2.31. The lowest BCUT2D eigenvalue weighted by atomic mass is 10.0. The summed E-state index contributed by atoms with van der Waals surface area (Å²) >= 11 is 5.93. The predicted octanol–water partition coefficient (Wildman–Crippen LogP) is 1.58. The van der Waals surface area contributed by atoms with Crippen LogP contribution < -0.4 is 10.5 Å². The minimum Gasteiger partial charge on any atom is -0.475 e. The van der Waals surface area contributed by atoms with E-state index in [4.69, 9.17) is 22.1 Å². The molecule has 1 aromatic rings. The maximum atomic E-state index is 5.93. The van der Waals surface area contributed by atoms with Crippen LogP contribution in [-0.2, 0) is 0 Å². The van der Waals surface area contributed by atoms with Gasteiger partial charge in [0.1, 0.15) is 11.6 Å². The van der Waals surface area contributed by atoms with Crippen LogP contribution in [-0.4, -0.2) is 41.1 Å². The Bertz CT molecular complexity index is 388. The van der Waals surface area contributed by atoms with Gasteiger partial charge in [-0.15, -0.1) is 0 Å². The summed E-state index contributed by atoms with van der Waals surface area (Å²) in [7, 11) is 2.11. The zero-order chi connectivity index (χ0) is 12.3. The van der Waals surface area contributed by atoms with Gasteiger partial charge in [0, 0.05) is 6.04 Å². The van der Waals surface area contributed by atoms with Crippen LogP contribution >= 0.6 is 11.6 Å². The number of nitrogen functional groups attached to an aromatic ring is 1. The molecule has 0 radical (unpaired) electrons. The van der Waals surface area contributed by atoms with Gasteiger partial charge in [-0.05, 0) is 26.4 Å². The molecular weight excluding hydrogens is 240 g/mol. The van der Waals surface area contributed by atoms with Crippen LogP contribution in [0.3, 0.4) is 0 Å². The van der Waals surface area contributed by atoms with Crippen molar-refractivity contribution in [1.29, 1.82) is 0 Å². The number of ether oxygens (including phenoxy) is 1. The zero-order valence-corrected chi connectivity index (χ0v) is 10.7. The Hall–Kier alpha value is -1.07.